The second-order valence-corrected chi connectivity index (χ2v) is 11.1. The van der Waals surface area contributed by atoms with Crippen LogP contribution in [0.5, 0.6) is 5.75 Å². The number of H-pyrrole nitrogens is 1. The molecule has 0 spiro atoms. The summed E-state index contributed by atoms with van der Waals surface area (Å²) in [6.45, 7) is 5.61. The predicted octanol–water partition coefficient (Wildman–Crippen LogP) is 6.57. The van der Waals surface area contributed by atoms with Crippen molar-refractivity contribution < 1.29 is 23.0 Å². The van der Waals surface area contributed by atoms with Crippen LogP contribution in [0.4, 0.5) is 8.78 Å². The van der Waals surface area contributed by atoms with Crippen LogP contribution in [0.1, 0.15) is 18.7 Å². The summed E-state index contributed by atoms with van der Waals surface area (Å²) in [5, 5.41) is 18.3. The fourth-order valence-corrected chi connectivity index (χ4v) is 6.09. The van der Waals surface area contributed by atoms with Gasteiger partial charge in [0.15, 0.2) is 0 Å². The molecule has 4 heterocycles. The van der Waals surface area contributed by atoms with Gasteiger partial charge in [-0.15, -0.1) is 11.3 Å². The second-order valence-electron chi connectivity index (χ2n) is 10.1. The zero-order valence-corrected chi connectivity index (χ0v) is 25.0. The Kier molecular flexibility index (Phi) is 7.93. The summed E-state index contributed by atoms with van der Waals surface area (Å²) in [6, 6.07) is 11.2. The molecular weight excluding hydrogens is 586 g/mol. The van der Waals surface area contributed by atoms with Gasteiger partial charge in [-0.2, -0.15) is 10.2 Å². The second kappa shape index (κ2) is 12.0. The van der Waals surface area contributed by atoms with Crippen molar-refractivity contribution in [3.63, 3.8) is 0 Å². The largest absolute Gasteiger partial charge is 0.490 e. The summed E-state index contributed by atoms with van der Waals surface area (Å²) >= 11 is 1.41. The topological polar surface area (TPSA) is 107 Å². The lowest BCUT2D eigenvalue weighted by atomic mass is 9.96. The van der Waals surface area contributed by atoms with Crippen LogP contribution < -0.4 is 10.1 Å². The number of ether oxygens (including phenoxy) is 2. The van der Waals surface area contributed by atoms with Crippen LogP contribution in [0.15, 0.2) is 66.7 Å². The van der Waals surface area contributed by atoms with Gasteiger partial charge in [0, 0.05) is 52.9 Å². The van der Waals surface area contributed by atoms with Crippen LogP contribution in [0.2, 0.25) is 0 Å². The van der Waals surface area contributed by atoms with Crippen LogP contribution in [0.3, 0.4) is 0 Å². The molecule has 0 saturated heterocycles. The quantitative estimate of drug-likeness (QED) is 0.134. The minimum absolute atomic E-state index is 0.0178. The molecule has 2 aromatic carbocycles. The molecule has 4 aromatic heterocycles. The maximum absolute atomic E-state index is 15.9. The van der Waals surface area contributed by atoms with E-state index in [1.807, 2.05) is 36.7 Å². The van der Waals surface area contributed by atoms with Gasteiger partial charge in [0.2, 0.25) is 5.91 Å². The summed E-state index contributed by atoms with van der Waals surface area (Å²) in [5.74, 6) is -1.90. The molecule has 6 aromatic rings. The molecule has 0 aliphatic carbocycles. The third-order valence-electron chi connectivity index (χ3n) is 7.29. The highest BCUT2D eigenvalue weighted by Crippen LogP contribution is 2.47. The van der Waals surface area contributed by atoms with E-state index in [-0.39, 0.29) is 30.4 Å². The number of carbonyl (C=O) groups is 1. The molecule has 44 heavy (non-hydrogen) atoms. The first-order chi connectivity index (χ1) is 21.3. The predicted molar refractivity (Wildman–Crippen MR) is 166 cm³/mol. The molecular formula is C32H28F2N6O3S. The number of nitrogens with zero attached hydrogens (tertiary/aromatic N) is 4. The maximum atomic E-state index is 15.9. The highest BCUT2D eigenvalue weighted by atomic mass is 32.1. The monoisotopic (exact) mass is 614 g/mol. The molecule has 224 valence electrons. The van der Waals surface area contributed by atoms with Crippen molar-refractivity contribution in [2.24, 2.45) is 7.05 Å². The standard InChI is InChI=1S/C32H28F2N6O3S/c1-5-27(41)36-17(2)23-15-24(39-38-23)31-29(28-22(34)13-20(33)14-26(28)43-10-9-42-4)32-21(8-11-44-32)30(37-31)18-6-7-25-19(12-18)16-35-40(25)3/h5-8,11-17H,1,9-10H2,2-4H3,(H,36,41)(H,38,39). The maximum Gasteiger partial charge on any atom is 0.243 e. The minimum Gasteiger partial charge on any atom is -0.490 e. The van der Waals surface area contributed by atoms with Crippen molar-refractivity contribution in [1.29, 1.82) is 0 Å². The van der Waals surface area contributed by atoms with E-state index in [1.165, 1.54) is 24.5 Å². The summed E-state index contributed by atoms with van der Waals surface area (Å²) in [6.07, 6.45) is 2.97. The lowest BCUT2D eigenvalue weighted by Crippen LogP contribution is -2.24. The molecule has 0 fully saturated rings. The van der Waals surface area contributed by atoms with E-state index in [2.05, 4.69) is 27.2 Å². The van der Waals surface area contributed by atoms with Crippen molar-refractivity contribution in [2.45, 2.75) is 13.0 Å². The Labute approximate surface area is 255 Å². The fourth-order valence-electron chi connectivity index (χ4n) is 5.14. The first-order valence-corrected chi connectivity index (χ1v) is 14.6. The number of thiophene rings is 1. The number of aromatic nitrogens is 5. The average Bonchev–Trinajstić information content (AvgIpc) is 3.77. The van der Waals surface area contributed by atoms with Gasteiger partial charge in [-0.3, -0.25) is 14.6 Å². The molecule has 0 aliphatic heterocycles. The summed E-state index contributed by atoms with van der Waals surface area (Å²) < 4.78 is 43.9. The lowest BCUT2D eigenvalue weighted by molar-refractivity contribution is -0.117. The zero-order chi connectivity index (χ0) is 31.0. The third-order valence-corrected chi connectivity index (χ3v) is 8.22. The van der Waals surface area contributed by atoms with E-state index in [9.17, 15) is 9.18 Å². The highest BCUT2D eigenvalue weighted by Gasteiger charge is 2.27. The van der Waals surface area contributed by atoms with Crippen LogP contribution >= 0.6 is 11.3 Å². The Morgan fingerprint density at radius 1 is 1.16 bits per heavy atom. The van der Waals surface area contributed by atoms with Gasteiger partial charge in [0.05, 0.1) is 41.3 Å². The average molecular weight is 615 g/mol. The number of hydrogen-bond donors (Lipinski definition) is 2. The van der Waals surface area contributed by atoms with E-state index < -0.39 is 17.7 Å². The van der Waals surface area contributed by atoms with E-state index >= 15 is 4.39 Å². The zero-order valence-electron chi connectivity index (χ0n) is 24.1. The van der Waals surface area contributed by atoms with Gasteiger partial charge in [0.25, 0.3) is 0 Å². The number of pyridine rings is 1. The Morgan fingerprint density at radius 2 is 2.00 bits per heavy atom. The molecule has 9 nitrogen and oxygen atoms in total. The van der Waals surface area contributed by atoms with Gasteiger partial charge in [-0.25, -0.2) is 13.8 Å². The lowest BCUT2D eigenvalue weighted by Gasteiger charge is -2.17. The molecule has 1 amide bonds. The number of halogens is 2. The van der Waals surface area contributed by atoms with Gasteiger partial charge < -0.3 is 14.8 Å². The van der Waals surface area contributed by atoms with Crippen molar-refractivity contribution in [3.05, 3.63) is 84.0 Å². The Hall–Kier alpha value is -4.94. The van der Waals surface area contributed by atoms with E-state index in [4.69, 9.17) is 14.5 Å². The van der Waals surface area contributed by atoms with E-state index in [0.717, 1.165) is 38.7 Å². The number of rotatable bonds is 10. The van der Waals surface area contributed by atoms with Crippen LogP contribution in [-0.2, 0) is 16.6 Å². The molecule has 0 bridgehead atoms. The third kappa shape index (κ3) is 5.33. The molecule has 2 N–H and O–H groups in total. The Morgan fingerprint density at radius 3 is 2.80 bits per heavy atom. The van der Waals surface area contributed by atoms with Gasteiger partial charge in [-0.1, -0.05) is 12.6 Å². The van der Waals surface area contributed by atoms with Crippen molar-refractivity contribution >= 4 is 38.2 Å². The van der Waals surface area contributed by atoms with E-state index in [0.29, 0.717) is 28.3 Å². The smallest absolute Gasteiger partial charge is 0.243 e. The van der Waals surface area contributed by atoms with Crippen LogP contribution in [0, 0.1) is 11.6 Å². The number of aromatic amines is 1. The number of hydrogen-bond acceptors (Lipinski definition) is 7. The number of benzene rings is 2. The molecule has 1 unspecified atom stereocenters. The summed E-state index contributed by atoms with van der Waals surface area (Å²) in [7, 11) is 3.39. The first kappa shape index (κ1) is 29.1. The van der Waals surface area contributed by atoms with E-state index in [1.54, 1.807) is 23.9 Å². The number of nitrogens with one attached hydrogen (secondary N) is 2. The van der Waals surface area contributed by atoms with Crippen molar-refractivity contribution in [1.82, 2.24) is 30.3 Å². The van der Waals surface area contributed by atoms with Crippen LogP contribution in [0.25, 0.3) is 54.8 Å². The number of amides is 1. The van der Waals surface area contributed by atoms with Gasteiger partial charge >= 0.3 is 0 Å². The van der Waals surface area contributed by atoms with Crippen LogP contribution in [-0.4, -0.2) is 51.2 Å². The fraction of sp³-hybridized carbons (Fsp3) is 0.188. The van der Waals surface area contributed by atoms with Gasteiger partial charge in [0.1, 0.15) is 35.4 Å². The molecule has 0 radical (unpaired) electrons. The number of aryl methyl sites for hydroxylation is 1. The Balaban J connectivity index is 1.61. The number of fused-ring (bicyclic) bond motifs is 2. The normalized spacial score (nSPS) is 12.1. The molecule has 1 atom stereocenters. The molecule has 12 heteroatoms. The van der Waals surface area contributed by atoms with Crippen molar-refractivity contribution in [3.8, 4) is 39.5 Å². The van der Waals surface area contributed by atoms with Gasteiger partial charge in [-0.05, 0) is 42.6 Å². The minimum atomic E-state index is -0.804. The summed E-state index contributed by atoms with van der Waals surface area (Å²) in [5.41, 5.74) is 4.28. The number of methoxy groups -OCH3 is 1. The molecule has 6 rings (SSSR count). The SMILES string of the molecule is C=CC(=O)NC(C)c1cc(-c2nc(-c3ccc4c(cnn4C)c3)c3ccsc3c2-c2c(F)cc(F)cc2OCCOC)n[nH]1. The first-order valence-electron chi connectivity index (χ1n) is 13.7. The Bertz CT molecular complexity index is 2030. The van der Waals surface area contributed by atoms with Crippen molar-refractivity contribution in [2.75, 3.05) is 20.3 Å². The molecule has 0 aliphatic rings. The summed E-state index contributed by atoms with van der Waals surface area (Å²) in [4.78, 5) is 17.1. The molecule has 0 saturated carbocycles. The number of carbonyl (C=O) groups excluding carboxylic acids is 1. The highest BCUT2D eigenvalue weighted by molar-refractivity contribution is 7.18.